The van der Waals surface area contributed by atoms with E-state index in [0.29, 0.717) is 12.3 Å². The van der Waals surface area contributed by atoms with Crippen LogP contribution in [0.1, 0.15) is 27.2 Å². The van der Waals surface area contributed by atoms with Crippen molar-refractivity contribution in [1.29, 1.82) is 0 Å². The molecule has 0 saturated heterocycles. The lowest BCUT2D eigenvalue weighted by Crippen LogP contribution is -2.61. The molecule has 0 bridgehead atoms. The molecule has 0 amide bonds. The van der Waals surface area contributed by atoms with Crippen LogP contribution >= 0.6 is 0 Å². The quantitative estimate of drug-likeness (QED) is 0.614. The Morgan fingerprint density at radius 2 is 2.08 bits per heavy atom. The zero-order valence-corrected chi connectivity index (χ0v) is 15.0. The maximum Gasteiger partial charge on any atom is 0.293 e. The highest BCUT2D eigenvalue weighted by atomic mass is 32.2. The predicted molar refractivity (Wildman–Crippen MR) is 90.5 cm³/mol. The van der Waals surface area contributed by atoms with Gasteiger partial charge in [0.2, 0.25) is 10.0 Å². The Kier molecular flexibility index (Phi) is 4.89. The molecule has 1 aliphatic carbocycles. The number of hydrogen-bond donors (Lipinski definition) is 1. The maximum absolute atomic E-state index is 11.4. The van der Waals surface area contributed by atoms with Gasteiger partial charge in [0.15, 0.2) is 0 Å². The van der Waals surface area contributed by atoms with E-state index in [-0.39, 0.29) is 28.1 Å². The van der Waals surface area contributed by atoms with Crippen molar-refractivity contribution in [3.8, 4) is 0 Å². The first-order chi connectivity index (χ1) is 11.0. The van der Waals surface area contributed by atoms with Gasteiger partial charge in [-0.3, -0.25) is 10.1 Å². The number of primary sulfonamides is 1. The summed E-state index contributed by atoms with van der Waals surface area (Å²) >= 11 is 0. The molecule has 1 aromatic carbocycles. The molecule has 9 heteroatoms. The minimum atomic E-state index is -4.00. The Morgan fingerprint density at radius 3 is 2.54 bits per heavy atom. The van der Waals surface area contributed by atoms with E-state index in [4.69, 9.17) is 9.88 Å². The fourth-order valence-corrected chi connectivity index (χ4v) is 3.83. The normalized spacial score (nSPS) is 22.7. The van der Waals surface area contributed by atoms with Crippen LogP contribution in [0.4, 0.5) is 11.4 Å². The summed E-state index contributed by atoms with van der Waals surface area (Å²) < 4.78 is 28.6. The van der Waals surface area contributed by atoms with Gasteiger partial charge in [-0.25, -0.2) is 13.6 Å². The Hall–Kier alpha value is -1.71. The highest BCUT2D eigenvalue weighted by molar-refractivity contribution is 7.89. The second-order valence-corrected chi connectivity index (χ2v) is 8.14. The summed E-state index contributed by atoms with van der Waals surface area (Å²) in [5.74, 6) is 0. The summed E-state index contributed by atoms with van der Waals surface area (Å²) in [5, 5.41) is 16.4. The first kappa shape index (κ1) is 18.6. The summed E-state index contributed by atoms with van der Waals surface area (Å²) in [5.41, 5.74) is -0.0860. The average molecular weight is 357 g/mol. The minimum absolute atomic E-state index is 0.0492. The molecular formula is C15H23N3O5S. The number of hydrogen-bond acceptors (Lipinski definition) is 6. The summed E-state index contributed by atoms with van der Waals surface area (Å²) in [7, 11) is -2.22. The van der Waals surface area contributed by atoms with Crippen LogP contribution in [0, 0.1) is 15.5 Å². The fourth-order valence-electron chi connectivity index (χ4n) is 3.30. The Bertz CT molecular complexity index is 747. The monoisotopic (exact) mass is 357 g/mol. The topological polar surface area (TPSA) is 116 Å². The van der Waals surface area contributed by atoms with Crippen LogP contribution in [0.2, 0.25) is 0 Å². The third-order valence-electron chi connectivity index (χ3n) is 4.81. The SMILES string of the molecule is CCOC1CC(N(C)c2ccc(S(N)(=O)=O)cc2[N+](=O)[O-])C1(C)C. The number of nitrogens with zero attached hydrogens (tertiary/aromatic N) is 2. The molecule has 2 unspecified atom stereocenters. The Morgan fingerprint density at radius 1 is 1.46 bits per heavy atom. The number of sulfonamides is 1. The first-order valence-electron chi connectivity index (χ1n) is 7.65. The van der Waals surface area contributed by atoms with E-state index in [2.05, 4.69) is 13.8 Å². The lowest BCUT2D eigenvalue weighted by Gasteiger charge is -2.55. The average Bonchev–Trinajstić information content (AvgIpc) is 2.48. The summed E-state index contributed by atoms with van der Waals surface area (Å²) in [4.78, 5) is 12.3. The maximum atomic E-state index is 11.4. The summed E-state index contributed by atoms with van der Waals surface area (Å²) in [6, 6.07) is 3.78. The largest absolute Gasteiger partial charge is 0.378 e. The molecule has 0 aromatic heterocycles. The van der Waals surface area contributed by atoms with E-state index in [1.54, 1.807) is 7.05 Å². The van der Waals surface area contributed by atoms with Crippen LogP contribution in [0.5, 0.6) is 0 Å². The molecule has 134 valence electrons. The molecule has 1 aliphatic rings. The minimum Gasteiger partial charge on any atom is -0.378 e. The third kappa shape index (κ3) is 3.24. The van der Waals surface area contributed by atoms with Gasteiger partial charge in [-0.1, -0.05) is 13.8 Å². The molecule has 1 saturated carbocycles. The van der Waals surface area contributed by atoms with Crippen LogP contribution in [0.15, 0.2) is 23.1 Å². The molecule has 0 radical (unpaired) electrons. The lowest BCUT2D eigenvalue weighted by atomic mass is 9.63. The highest BCUT2D eigenvalue weighted by Gasteiger charge is 2.51. The van der Waals surface area contributed by atoms with E-state index in [1.807, 2.05) is 11.8 Å². The molecule has 24 heavy (non-hydrogen) atoms. The van der Waals surface area contributed by atoms with Crippen molar-refractivity contribution in [2.24, 2.45) is 10.6 Å². The molecule has 2 atom stereocenters. The molecule has 8 nitrogen and oxygen atoms in total. The van der Waals surface area contributed by atoms with Crippen LogP contribution < -0.4 is 10.0 Å². The Balaban J connectivity index is 2.37. The summed E-state index contributed by atoms with van der Waals surface area (Å²) in [6.07, 6.45) is 0.850. The van der Waals surface area contributed by atoms with Gasteiger partial charge in [-0.2, -0.15) is 0 Å². The molecular weight excluding hydrogens is 334 g/mol. The second-order valence-electron chi connectivity index (χ2n) is 6.58. The van der Waals surface area contributed by atoms with Gasteiger partial charge in [0, 0.05) is 31.2 Å². The van der Waals surface area contributed by atoms with Crippen LogP contribution in [-0.4, -0.2) is 39.1 Å². The molecule has 1 fully saturated rings. The lowest BCUT2D eigenvalue weighted by molar-refractivity contribution is -0.384. The Labute approximate surface area is 141 Å². The van der Waals surface area contributed by atoms with E-state index in [0.717, 1.165) is 12.5 Å². The van der Waals surface area contributed by atoms with Crippen molar-refractivity contribution in [2.75, 3.05) is 18.6 Å². The number of nitro groups is 1. The smallest absolute Gasteiger partial charge is 0.293 e. The van der Waals surface area contributed by atoms with Crippen molar-refractivity contribution in [2.45, 2.75) is 44.2 Å². The number of nitro benzene ring substituents is 1. The van der Waals surface area contributed by atoms with Crippen LogP contribution in [0.25, 0.3) is 0 Å². The summed E-state index contributed by atoms with van der Waals surface area (Å²) in [6.45, 7) is 6.67. The number of nitrogens with two attached hydrogens (primary N) is 1. The zero-order valence-electron chi connectivity index (χ0n) is 14.2. The molecule has 1 aromatic rings. The molecule has 2 rings (SSSR count). The van der Waals surface area contributed by atoms with Crippen molar-refractivity contribution >= 4 is 21.4 Å². The van der Waals surface area contributed by atoms with Gasteiger partial charge < -0.3 is 9.64 Å². The third-order valence-corrected chi connectivity index (χ3v) is 5.72. The number of rotatable bonds is 6. The van der Waals surface area contributed by atoms with Crippen molar-refractivity contribution < 1.29 is 18.1 Å². The van der Waals surface area contributed by atoms with Crippen LogP contribution in [-0.2, 0) is 14.8 Å². The van der Waals surface area contributed by atoms with Crippen molar-refractivity contribution in [1.82, 2.24) is 0 Å². The van der Waals surface area contributed by atoms with Gasteiger partial charge >= 0.3 is 0 Å². The van der Waals surface area contributed by atoms with Crippen LogP contribution in [0.3, 0.4) is 0 Å². The van der Waals surface area contributed by atoms with Crippen molar-refractivity contribution in [3.63, 3.8) is 0 Å². The molecule has 0 aliphatic heterocycles. The van der Waals surface area contributed by atoms with Gasteiger partial charge in [-0.15, -0.1) is 0 Å². The molecule has 2 N–H and O–H groups in total. The van der Waals surface area contributed by atoms with E-state index >= 15 is 0 Å². The van der Waals surface area contributed by atoms with Gasteiger partial charge in [-0.05, 0) is 25.5 Å². The fraction of sp³-hybridized carbons (Fsp3) is 0.600. The number of ether oxygens (including phenoxy) is 1. The highest BCUT2D eigenvalue weighted by Crippen LogP contribution is 2.47. The molecule has 0 spiro atoms. The first-order valence-corrected chi connectivity index (χ1v) is 9.20. The zero-order chi connectivity index (χ0) is 18.3. The number of anilines is 1. The van der Waals surface area contributed by atoms with Gasteiger partial charge in [0.05, 0.1) is 15.9 Å². The second kappa shape index (κ2) is 6.30. The van der Waals surface area contributed by atoms with E-state index < -0.39 is 14.9 Å². The number of benzene rings is 1. The van der Waals surface area contributed by atoms with Gasteiger partial charge in [0.25, 0.3) is 5.69 Å². The van der Waals surface area contributed by atoms with E-state index in [9.17, 15) is 18.5 Å². The standard InChI is InChI=1S/C15H23N3O5S/c1-5-23-14-9-13(15(14,2)3)17(4)11-7-6-10(24(16,21)22)8-12(11)18(19)20/h6-8,13-14H,5,9H2,1-4H3,(H2,16,21,22). The predicted octanol–water partition coefficient (Wildman–Crippen LogP) is 1.88. The van der Waals surface area contributed by atoms with Crippen molar-refractivity contribution in [3.05, 3.63) is 28.3 Å². The van der Waals surface area contributed by atoms with Gasteiger partial charge in [0.1, 0.15) is 5.69 Å². The molecule has 0 heterocycles. The van der Waals surface area contributed by atoms with E-state index in [1.165, 1.54) is 12.1 Å².